The van der Waals surface area contributed by atoms with E-state index in [2.05, 4.69) is 4.74 Å². The van der Waals surface area contributed by atoms with E-state index in [1.54, 1.807) is 13.8 Å². The minimum atomic E-state index is -0.643. The lowest BCUT2D eigenvalue weighted by Crippen LogP contribution is -2.36. The fourth-order valence-electron chi connectivity index (χ4n) is 1.66. The third kappa shape index (κ3) is 3.64. The molecule has 1 rings (SSSR count). The molecule has 0 spiro atoms. The molecule has 3 nitrogen and oxygen atoms in total. The summed E-state index contributed by atoms with van der Waals surface area (Å²) in [6, 6.07) is 1.41. The fraction of sp³-hybridized carbons (Fsp3) is 0.500. The van der Waals surface area contributed by atoms with Crippen LogP contribution in [0.3, 0.4) is 0 Å². The van der Waals surface area contributed by atoms with Gasteiger partial charge < -0.3 is 16.2 Å². The molecule has 0 saturated heterocycles. The predicted molar refractivity (Wildman–Crippen MR) is 62.7 cm³/mol. The number of methoxy groups -OCH3 is 1. The third-order valence-electron chi connectivity index (χ3n) is 2.42. The Kier molecular flexibility index (Phi) is 4.06. The van der Waals surface area contributed by atoms with Crippen molar-refractivity contribution in [2.24, 2.45) is 11.5 Å². The number of hydrogen-bond donors (Lipinski definition) is 2. The second kappa shape index (κ2) is 4.98. The molecule has 17 heavy (non-hydrogen) atoms. The molecule has 0 aliphatic heterocycles. The van der Waals surface area contributed by atoms with E-state index in [0.717, 1.165) is 12.1 Å². The Labute approximate surface area is 99.7 Å². The lowest BCUT2D eigenvalue weighted by molar-refractivity contribution is 0.377. The predicted octanol–water partition coefficient (Wildman–Crippen LogP) is 2.10. The van der Waals surface area contributed by atoms with Crippen LogP contribution in [0.15, 0.2) is 12.1 Å². The second-order valence-electron chi connectivity index (χ2n) is 4.81. The van der Waals surface area contributed by atoms with Gasteiger partial charge in [0.25, 0.3) is 0 Å². The maximum Gasteiger partial charge on any atom is 0.165 e. The van der Waals surface area contributed by atoms with Crippen LogP contribution in [0.2, 0.25) is 0 Å². The molecule has 0 heterocycles. The number of hydrogen-bond acceptors (Lipinski definition) is 3. The topological polar surface area (TPSA) is 61.3 Å². The number of benzene rings is 1. The van der Waals surface area contributed by atoms with E-state index in [1.165, 1.54) is 7.11 Å². The average Bonchev–Trinajstić information content (AvgIpc) is 2.18. The van der Waals surface area contributed by atoms with Gasteiger partial charge in [0.15, 0.2) is 11.6 Å². The molecule has 0 radical (unpaired) electrons. The number of ether oxygens (including phenoxy) is 1. The van der Waals surface area contributed by atoms with Crippen molar-refractivity contribution in [3.8, 4) is 5.75 Å². The minimum Gasteiger partial charge on any atom is -0.494 e. The van der Waals surface area contributed by atoms with E-state index in [0.29, 0.717) is 6.42 Å². The number of rotatable bonds is 4. The average molecular weight is 244 g/mol. The first-order valence-corrected chi connectivity index (χ1v) is 5.32. The first-order valence-electron chi connectivity index (χ1n) is 5.32. The van der Waals surface area contributed by atoms with E-state index in [-0.39, 0.29) is 11.3 Å². The van der Waals surface area contributed by atoms with Crippen molar-refractivity contribution in [2.45, 2.75) is 31.8 Å². The first kappa shape index (κ1) is 13.9. The fourth-order valence-corrected chi connectivity index (χ4v) is 1.66. The SMILES string of the molecule is COc1cc(F)c(C(N)CC(C)(C)N)cc1F. The van der Waals surface area contributed by atoms with Crippen molar-refractivity contribution in [3.63, 3.8) is 0 Å². The molecule has 0 aliphatic rings. The first-order chi connectivity index (χ1) is 7.74. The minimum absolute atomic E-state index is 0.113. The van der Waals surface area contributed by atoms with Gasteiger partial charge in [0.2, 0.25) is 0 Å². The van der Waals surface area contributed by atoms with Crippen LogP contribution in [0.4, 0.5) is 8.78 Å². The Morgan fingerprint density at radius 3 is 2.35 bits per heavy atom. The van der Waals surface area contributed by atoms with Crippen molar-refractivity contribution >= 4 is 0 Å². The molecule has 1 atom stereocenters. The maximum atomic E-state index is 13.7. The molecule has 0 fully saturated rings. The summed E-state index contributed by atoms with van der Waals surface area (Å²) in [5.41, 5.74) is 11.2. The Morgan fingerprint density at radius 1 is 1.29 bits per heavy atom. The molecule has 1 unspecified atom stereocenters. The third-order valence-corrected chi connectivity index (χ3v) is 2.42. The highest BCUT2D eigenvalue weighted by molar-refractivity contribution is 5.32. The Balaban J connectivity index is 3.02. The van der Waals surface area contributed by atoms with Crippen LogP contribution in [-0.4, -0.2) is 12.6 Å². The molecule has 96 valence electrons. The highest BCUT2D eigenvalue weighted by Gasteiger charge is 2.21. The summed E-state index contributed by atoms with van der Waals surface area (Å²) in [7, 11) is 1.28. The van der Waals surface area contributed by atoms with E-state index in [1.807, 2.05) is 0 Å². The summed E-state index contributed by atoms with van der Waals surface area (Å²) >= 11 is 0. The van der Waals surface area contributed by atoms with Crippen LogP contribution in [0.5, 0.6) is 5.75 Å². The van der Waals surface area contributed by atoms with Crippen molar-refractivity contribution in [1.29, 1.82) is 0 Å². The lowest BCUT2D eigenvalue weighted by atomic mass is 9.92. The quantitative estimate of drug-likeness (QED) is 0.852. The number of nitrogens with two attached hydrogens (primary N) is 2. The monoisotopic (exact) mass is 244 g/mol. The molecular formula is C12H18F2N2O. The van der Waals surface area contributed by atoms with E-state index in [4.69, 9.17) is 11.5 Å². The van der Waals surface area contributed by atoms with Crippen LogP contribution >= 0.6 is 0 Å². The van der Waals surface area contributed by atoms with Gasteiger partial charge in [0.1, 0.15) is 5.82 Å². The second-order valence-corrected chi connectivity index (χ2v) is 4.81. The van der Waals surface area contributed by atoms with Crippen molar-refractivity contribution in [1.82, 2.24) is 0 Å². The highest BCUT2D eigenvalue weighted by Crippen LogP contribution is 2.27. The summed E-state index contributed by atoms with van der Waals surface area (Å²) in [6.07, 6.45) is 0.357. The molecule has 0 aromatic heterocycles. The van der Waals surface area contributed by atoms with Gasteiger partial charge in [-0.1, -0.05) is 0 Å². The molecule has 5 heteroatoms. The van der Waals surface area contributed by atoms with Crippen LogP contribution in [0, 0.1) is 11.6 Å². The largest absolute Gasteiger partial charge is 0.494 e. The van der Waals surface area contributed by atoms with Crippen LogP contribution in [0.25, 0.3) is 0 Å². The lowest BCUT2D eigenvalue weighted by Gasteiger charge is -2.23. The van der Waals surface area contributed by atoms with E-state index in [9.17, 15) is 8.78 Å². The van der Waals surface area contributed by atoms with Crippen molar-refractivity contribution in [3.05, 3.63) is 29.3 Å². The Bertz CT molecular complexity index is 402. The van der Waals surface area contributed by atoms with Gasteiger partial charge in [-0.05, 0) is 26.3 Å². The molecule has 0 bridgehead atoms. The molecule has 4 N–H and O–H groups in total. The molecule has 0 amide bonds. The molecule has 1 aromatic rings. The number of halogens is 2. The molecular weight excluding hydrogens is 226 g/mol. The molecule has 0 saturated carbocycles. The summed E-state index contributed by atoms with van der Waals surface area (Å²) in [4.78, 5) is 0. The van der Waals surface area contributed by atoms with Crippen molar-refractivity contribution < 1.29 is 13.5 Å². The summed E-state index contributed by atoms with van der Waals surface area (Å²) < 4.78 is 31.8. The van der Waals surface area contributed by atoms with Crippen LogP contribution < -0.4 is 16.2 Å². The van der Waals surface area contributed by atoms with Gasteiger partial charge in [-0.25, -0.2) is 8.78 Å². The molecule has 0 aliphatic carbocycles. The molecule has 1 aromatic carbocycles. The van der Waals surface area contributed by atoms with Gasteiger partial charge in [0.05, 0.1) is 7.11 Å². The van der Waals surface area contributed by atoms with Gasteiger partial charge in [-0.2, -0.15) is 0 Å². The zero-order valence-electron chi connectivity index (χ0n) is 10.3. The summed E-state index contributed by atoms with van der Waals surface area (Å²) in [5.74, 6) is -1.35. The van der Waals surface area contributed by atoms with Gasteiger partial charge in [0, 0.05) is 23.2 Å². The normalized spacial score (nSPS) is 13.6. The van der Waals surface area contributed by atoms with E-state index >= 15 is 0 Å². The standard InChI is InChI=1S/C12H18F2N2O/c1-12(2,16)6-10(15)7-4-9(14)11(17-3)5-8(7)13/h4-5,10H,6,15-16H2,1-3H3. The van der Waals surface area contributed by atoms with Crippen LogP contribution in [0.1, 0.15) is 31.9 Å². The van der Waals surface area contributed by atoms with Crippen LogP contribution in [-0.2, 0) is 0 Å². The Hall–Kier alpha value is -1.20. The Morgan fingerprint density at radius 2 is 1.88 bits per heavy atom. The van der Waals surface area contributed by atoms with E-state index < -0.39 is 23.2 Å². The van der Waals surface area contributed by atoms with Gasteiger partial charge in [-0.3, -0.25) is 0 Å². The van der Waals surface area contributed by atoms with Crippen molar-refractivity contribution in [2.75, 3.05) is 7.11 Å². The zero-order chi connectivity index (χ0) is 13.2. The maximum absolute atomic E-state index is 13.7. The highest BCUT2D eigenvalue weighted by atomic mass is 19.1. The smallest absolute Gasteiger partial charge is 0.165 e. The van der Waals surface area contributed by atoms with Gasteiger partial charge in [-0.15, -0.1) is 0 Å². The summed E-state index contributed by atoms with van der Waals surface area (Å²) in [6.45, 7) is 3.56. The summed E-state index contributed by atoms with van der Waals surface area (Å²) in [5, 5.41) is 0. The zero-order valence-corrected chi connectivity index (χ0v) is 10.3. The van der Waals surface area contributed by atoms with Gasteiger partial charge >= 0.3 is 0 Å².